The molecule has 0 unspecified atom stereocenters. The SMILES string of the molecule is Cc1ncc(-c2nc(N3CCOCC3)nc3c2CC[N-]3)cn1.[CH-]=O.[Y]. The molecule has 0 N–H and O–H groups in total. The predicted octanol–water partition coefficient (Wildman–Crippen LogP) is 1.36. The van der Waals surface area contributed by atoms with Crippen molar-refractivity contribution in [2.24, 2.45) is 0 Å². The van der Waals surface area contributed by atoms with Crippen LogP contribution in [-0.2, 0) is 48.7 Å². The molecular formula is C16H18N6O2Y-2. The first kappa shape index (κ1) is 19.8. The van der Waals surface area contributed by atoms with Gasteiger partial charge in [-0.2, -0.15) is 0 Å². The van der Waals surface area contributed by atoms with E-state index in [1.165, 1.54) is 0 Å². The van der Waals surface area contributed by atoms with E-state index in [1.807, 2.05) is 19.3 Å². The maximum absolute atomic E-state index is 7.75. The van der Waals surface area contributed by atoms with Crippen LogP contribution in [0, 0.1) is 6.92 Å². The molecule has 0 atom stereocenters. The molecule has 0 bridgehead atoms. The summed E-state index contributed by atoms with van der Waals surface area (Å²) < 4.78 is 5.40. The normalized spacial score (nSPS) is 15.3. The third kappa shape index (κ3) is 4.37. The van der Waals surface area contributed by atoms with Crippen LogP contribution in [0.4, 0.5) is 11.8 Å². The number of aryl methyl sites for hydroxylation is 1. The van der Waals surface area contributed by atoms with Gasteiger partial charge in [-0.3, -0.25) is 6.79 Å². The summed E-state index contributed by atoms with van der Waals surface area (Å²) in [7, 11) is 0. The van der Waals surface area contributed by atoms with Gasteiger partial charge in [0.15, 0.2) is 0 Å². The second-order valence-electron chi connectivity index (χ2n) is 5.42. The fraction of sp³-hybridized carbons (Fsp3) is 0.438. The van der Waals surface area contributed by atoms with Gasteiger partial charge in [0.25, 0.3) is 0 Å². The van der Waals surface area contributed by atoms with Gasteiger partial charge in [-0.05, 0) is 25.5 Å². The minimum absolute atomic E-state index is 0. The molecule has 2 aromatic heterocycles. The molecule has 4 rings (SSSR count). The summed E-state index contributed by atoms with van der Waals surface area (Å²) in [6.07, 6.45) is 4.53. The zero-order valence-electron chi connectivity index (χ0n) is 14.1. The molecule has 1 fully saturated rings. The predicted molar refractivity (Wildman–Crippen MR) is 89.2 cm³/mol. The van der Waals surface area contributed by atoms with Gasteiger partial charge in [-0.25, -0.2) is 15.0 Å². The van der Waals surface area contributed by atoms with E-state index in [2.05, 4.69) is 32.0 Å². The molecule has 1 radical (unpaired) electrons. The average Bonchev–Trinajstić information content (AvgIpc) is 3.13. The van der Waals surface area contributed by atoms with E-state index in [0.717, 1.165) is 60.5 Å². The molecule has 1 saturated heterocycles. The number of hydrogen-bond acceptors (Lipinski definition) is 7. The number of nitrogens with zero attached hydrogens (tertiary/aromatic N) is 6. The van der Waals surface area contributed by atoms with Gasteiger partial charge in [0.05, 0.1) is 18.9 Å². The summed E-state index contributed by atoms with van der Waals surface area (Å²) in [4.78, 5) is 27.9. The van der Waals surface area contributed by atoms with Crippen molar-refractivity contribution >= 4 is 18.6 Å². The number of morpholine rings is 1. The van der Waals surface area contributed by atoms with Gasteiger partial charge in [0.1, 0.15) is 11.8 Å². The fourth-order valence-corrected chi connectivity index (χ4v) is 2.75. The second kappa shape index (κ2) is 9.26. The van der Waals surface area contributed by atoms with Gasteiger partial charge < -0.3 is 24.7 Å². The van der Waals surface area contributed by atoms with Crippen molar-refractivity contribution in [1.82, 2.24) is 19.9 Å². The molecule has 2 aliphatic heterocycles. The van der Waals surface area contributed by atoms with Crippen LogP contribution in [0.15, 0.2) is 12.4 Å². The Bertz CT molecular complexity index is 707. The Kier molecular flexibility index (Phi) is 7.34. The molecule has 8 nitrogen and oxygen atoms in total. The van der Waals surface area contributed by atoms with Crippen molar-refractivity contribution < 1.29 is 42.2 Å². The third-order valence-corrected chi connectivity index (χ3v) is 3.95. The van der Waals surface area contributed by atoms with Gasteiger partial charge >= 0.3 is 0 Å². The smallest absolute Gasteiger partial charge is 0.125 e. The molecule has 0 aliphatic carbocycles. The first-order valence-electron chi connectivity index (χ1n) is 7.75. The van der Waals surface area contributed by atoms with Crippen LogP contribution in [0.2, 0.25) is 0 Å². The molecular weight excluding hydrogens is 397 g/mol. The van der Waals surface area contributed by atoms with Crippen LogP contribution in [0.1, 0.15) is 11.4 Å². The zero-order chi connectivity index (χ0) is 16.9. The van der Waals surface area contributed by atoms with Gasteiger partial charge in [0.2, 0.25) is 0 Å². The van der Waals surface area contributed by atoms with Crippen molar-refractivity contribution in [2.45, 2.75) is 13.3 Å². The summed E-state index contributed by atoms with van der Waals surface area (Å²) in [5.41, 5.74) is 2.94. The van der Waals surface area contributed by atoms with Crippen molar-refractivity contribution in [2.75, 3.05) is 37.7 Å². The number of carbonyl (C=O) groups excluding carboxylic acids is 1. The summed E-state index contributed by atoms with van der Waals surface area (Å²) in [5, 5.41) is 4.51. The molecule has 0 amide bonds. The quantitative estimate of drug-likeness (QED) is 0.540. The number of fused-ring (bicyclic) bond motifs is 1. The number of aromatic nitrogens is 4. The average molecular weight is 415 g/mol. The third-order valence-electron chi connectivity index (χ3n) is 3.95. The molecule has 2 aliphatic rings. The van der Waals surface area contributed by atoms with Crippen LogP contribution >= 0.6 is 0 Å². The second-order valence-corrected chi connectivity index (χ2v) is 5.42. The van der Waals surface area contributed by atoms with Crippen LogP contribution < -0.4 is 4.90 Å². The van der Waals surface area contributed by atoms with E-state index >= 15 is 0 Å². The first-order chi connectivity index (χ1) is 11.8. The van der Waals surface area contributed by atoms with Crippen LogP contribution in [-0.4, -0.2) is 59.6 Å². The number of rotatable bonds is 2. The standard InChI is InChI=1S/C15H17N6O.CHO.Y/c1-10-17-8-11(9-18-10)13-12-2-3-16-14(12)20-15(19-13)21-4-6-22-7-5-21;1-2;/h8-9H,2-7H2,1H3;1H;/q2*-1;. The van der Waals surface area contributed by atoms with Gasteiger partial charge in [-0.1, -0.05) is 5.82 Å². The first-order valence-corrected chi connectivity index (χ1v) is 7.75. The Balaban J connectivity index is 0.000000726. The summed E-state index contributed by atoms with van der Waals surface area (Å²) in [6.45, 7) is 8.94. The fourth-order valence-electron chi connectivity index (χ4n) is 2.75. The molecule has 0 saturated carbocycles. The van der Waals surface area contributed by atoms with E-state index in [0.29, 0.717) is 13.2 Å². The topological polar surface area (TPSA) is 95.2 Å². The number of ether oxygens (including phenoxy) is 1. The van der Waals surface area contributed by atoms with E-state index in [4.69, 9.17) is 14.5 Å². The van der Waals surface area contributed by atoms with E-state index in [-0.39, 0.29) is 32.7 Å². The molecule has 0 aromatic carbocycles. The minimum Gasteiger partial charge on any atom is -0.545 e. The van der Waals surface area contributed by atoms with Crippen LogP contribution in [0.25, 0.3) is 16.6 Å². The Morgan fingerprint density at radius 1 is 1.16 bits per heavy atom. The molecule has 129 valence electrons. The summed E-state index contributed by atoms with van der Waals surface area (Å²) in [6, 6.07) is 0. The summed E-state index contributed by atoms with van der Waals surface area (Å²) >= 11 is 0. The Labute approximate surface area is 171 Å². The zero-order valence-corrected chi connectivity index (χ0v) is 16.9. The molecule has 9 heteroatoms. The number of anilines is 1. The van der Waals surface area contributed by atoms with Crippen molar-refractivity contribution in [3.63, 3.8) is 0 Å². The van der Waals surface area contributed by atoms with Crippen molar-refractivity contribution in [3.8, 4) is 11.3 Å². The van der Waals surface area contributed by atoms with Crippen LogP contribution in [0.3, 0.4) is 0 Å². The minimum atomic E-state index is 0. The van der Waals surface area contributed by atoms with Crippen molar-refractivity contribution in [1.29, 1.82) is 0 Å². The number of hydrogen-bond donors (Lipinski definition) is 0. The molecule has 0 spiro atoms. The molecule has 25 heavy (non-hydrogen) atoms. The van der Waals surface area contributed by atoms with Crippen LogP contribution in [0.5, 0.6) is 0 Å². The Morgan fingerprint density at radius 3 is 2.52 bits per heavy atom. The Hall–Kier alpha value is -1.51. The molecule has 2 aromatic rings. The monoisotopic (exact) mass is 415 g/mol. The maximum atomic E-state index is 7.75. The van der Waals surface area contributed by atoms with Gasteiger partial charge in [-0.15, -0.1) is 0 Å². The summed E-state index contributed by atoms with van der Waals surface area (Å²) in [5.74, 6) is 2.29. The largest absolute Gasteiger partial charge is 0.545 e. The maximum Gasteiger partial charge on any atom is 0.125 e. The van der Waals surface area contributed by atoms with E-state index in [1.54, 1.807) is 0 Å². The van der Waals surface area contributed by atoms with Crippen molar-refractivity contribution in [3.05, 3.63) is 29.1 Å². The van der Waals surface area contributed by atoms with Gasteiger partial charge in [0, 0.05) is 63.8 Å². The Morgan fingerprint density at radius 2 is 1.84 bits per heavy atom. The molecule has 4 heterocycles. The van der Waals surface area contributed by atoms with E-state index in [9.17, 15) is 0 Å². The van der Waals surface area contributed by atoms with E-state index < -0.39 is 0 Å².